The topological polar surface area (TPSA) is 29.1 Å². The molecule has 2 nitrogen and oxygen atoms in total. The molecule has 110 valence electrons. The molecule has 0 heterocycles. The number of Topliss-reactive ketones (excluding diaryl/α,β-unsaturated/α-hetero) is 1. The molecule has 2 aromatic carbocycles. The number of nitrogens with one attached hydrogen (secondary N) is 1. The van der Waals surface area contributed by atoms with E-state index in [0.717, 1.165) is 23.6 Å². The van der Waals surface area contributed by atoms with Crippen molar-refractivity contribution in [1.29, 1.82) is 0 Å². The van der Waals surface area contributed by atoms with Gasteiger partial charge in [0.1, 0.15) is 0 Å². The number of hydrogen-bond donors (Lipinski definition) is 1. The molecular weight excluding hydrogens is 282 g/mol. The van der Waals surface area contributed by atoms with Crippen LogP contribution in [0.4, 0.5) is 0 Å². The Kier molecular flexibility index (Phi) is 5.97. The fourth-order valence-corrected chi connectivity index (χ4v) is 2.41. The van der Waals surface area contributed by atoms with Crippen molar-refractivity contribution < 1.29 is 4.79 Å². The molecule has 1 atom stereocenters. The van der Waals surface area contributed by atoms with Gasteiger partial charge >= 0.3 is 0 Å². The Balaban J connectivity index is 1.96. The standard InChI is InChI=1S/C18H20ClNO/c1-2-17(21)18(15-6-4-3-5-7-15)20-13-12-14-8-10-16(19)11-9-14/h3-11,18,20H,2,12-13H2,1H3. The van der Waals surface area contributed by atoms with Crippen LogP contribution in [-0.2, 0) is 11.2 Å². The maximum atomic E-state index is 12.1. The second kappa shape index (κ2) is 7.96. The van der Waals surface area contributed by atoms with Crippen molar-refractivity contribution in [3.05, 3.63) is 70.7 Å². The molecule has 0 aliphatic carbocycles. The maximum Gasteiger partial charge on any atom is 0.153 e. The van der Waals surface area contributed by atoms with Gasteiger partial charge in [-0.25, -0.2) is 0 Å². The smallest absolute Gasteiger partial charge is 0.153 e. The zero-order valence-electron chi connectivity index (χ0n) is 12.2. The molecule has 1 N–H and O–H groups in total. The first kappa shape index (κ1) is 15.7. The second-order valence-electron chi connectivity index (χ2n) is 4.99. The van der Waals surface area contributed by atoms with Gasteiger partial charge in [-0.1, -0.05) is 61.0 Å². The van der Waals surface area contributed by atoms with E-state index in [2.05, 4.69) is 5.32 Å². The molecule has 0 radical (unpaired) electrons. The summed E-state index contributed by atoms with van der Waals surface area (Å²) in [5.41, 5.74) is 2.24. The highest BCUT2D eigenvalue weighted by Gasteiger charge is 2.17. The maximum absolute atomic E-state index is 12.1. The lowest BCUT2D eigenvalue weighted by Crippen LogP contribution is -2.30. The molecule has 0 bridgehead atoms. The Hall–Kier alpha value is -1.64. The van der Waals surface area contributed by atoms with E-state index < -0.39 is 0 Å². The third-order valence-corrected chi connectivity index (χ3v) is 3.73. The number of benzene rings is 2. The first-order valence-corrected chi connectivity index (χ1v) is 7.64. The second-order valence-corrected chi connectivity index (χ2v) is 5.43. The van der Waals surface area contributed by atoms with Gasteiger partial charge in [-0.2, -0.15) is 0 Å². The van der Waals surface area contributed by atoms with Gasteiger partial charge in [-0.3, -0.25) is 4.79 Å². The van der Waals surface area contributed by atoms with Crippen LogP contribution in [0, 0.1) is 0 Å². The quantitative estimate of drug-likeness (QED) is 0.830. The van der Waals surface area contributed by atoms with Gasteiger partial charge < -0.3 is 5.32 Å². The summed E-state index contributed by atoms with van der Waals surface area (Å²) in [4.78, 5) is 12.1. The largest absolute Gasteiger partial charge is 0.303 e. The van der Waals surface area contributed by atoms with Crippen LogP contribution in [0.5, 0.6) is 0 Å². The van der Waals surface area contributed by atoms with Gasteiger partial charge in [0.2, 0.25) is 0 Å². The number of ketones is 1. The van der Waals surface area contributed by atoms with E-state index in [0.29, 0.717) is 6.42 Å². The van der Waals surface area contributed by atoms with E-state index >= 15 is 0 Å². The number of carbonyl (C=O) groups excluding carboxylic acids is 1. The highest BCUT2D eigenvalue weighted by molar-refractivity contribution is 6.30. The van der Waals surface area contributed by atoms with Crippen molar-refractivity contribution in [1.82, 2.24) is 5.32 Å². The van der Waals surface area contributed by atoms with Crippen molar-refractivity contribution in [3.63, 3.8) is 0 Å². The molecule has 0 aliphatic heterocycles. The Morgan fingerprint density at radius 2 is 1.76 bits per heavy atom. The van der Waals surface area contributed by atoms with Crippen LogP contribution in [0.2, 0.25) is 5.02 Å². The van der Waals surface area contributed by atoms with Crippen molar-refractivity contribution >= 4 is 17.4 Å². The minimum absolute atomic E-state index is 0.219. The van der Waals surface area contributed by atoms with Crippen LogP contribution in [-0.4, -0.2) is 12.3 Å². The molecule has 0 aliphatic rings. The van der Waals surface area contributed by atoms with E-state index in [1.54, 1.807) is 0 Å². The molecule has 0 fully saturated rings. The van der Waals surface area contributed by atoms with Gasteiger partial charge in [-0.15, -0.1) is 0 Å². The molecule has 2 rings (SSSR count). The van der Waals surface area contributed by atoms with E-state index in [-0.39, 0.29) is 11.8 Å². The van der Waals surface area contributed by atoms with Crippen molar-refractivity contribution in [2.75, 3.05) is 6.54 Å². The third kappa shape index (κ3) is 4.69. The van der Waals surface area contributed by atoms with Crippen molar-refractivity contribution in [2.45, 2.75) is 25.8 Å². The summed E-state index contributed by atoms with van der Waals surface area (Å²) in [6, 6.07) is 17.5. The predicted octanol–water partition coefficient (Wildman–Crippen LogP) is 4.19. The Morgan fingerprint density at radius 1 is 1.10 bits per heavy atom. The molecule has 0 saturated carbocycles. The third-order valence-electron chi connectivity index (χ3n) is 3.48. The minimum atomic E-state index is -0.219. The lowest BCUT2D eigenvalue weighted by molar-refractivity contribution is -0.120. The van der Waals surface area contributed by atoms with Gasteiger partial charge in [0.25, 0.3) is 0 Å². The average molecular weight is 302 g/mol. The van der Waals surface area contributed by atoms with E-state index in [1.807, 2.05) is 61.5 Å². The lowest BCUT2D eigenvalue weighted by atomic mass is 10.0. The minimum Gasteiger partial charge on any atom is -0.303 e. The van der Waals surface area contributed by atoms with E-state index in [9.17, 15) is 4.79 Å². The van der Waals surface area contributed by atoms with Crippen molar-refractivity contribution in [3.8, 4) is 0 Å². The Bertz CT molecular complexity index is 566. The van der Waals surface area contributed by atoms with Crippen LogP contribution < -0.4 is 5.32 Å². The number of carbonyl (C=O) groups is 1. The summed E-state index contributed by atoms with van der Waals surface area (Å²) in [5.74, 6) is 0.220. The molecule has 1 unspecified atom stereocenters. The van der Waals surface area contributed by atoms with Crippen LogP contribution >= 0.6 is 11.6 Å². The normalized spacial score (nSPS) is 12.1. The molecule has 0 spiro atoms. The summed E-state index contributed by atoms with van der Waals surface area (Å²) >= 11 is 5.88. The zero-order chi connectivity index (χ0) is 15.1. The van der Waals surface area contributed by atoms with Crippen LogP contribution in [0.3, 0.4) is 0 Å². The van der Waals surface area contributed by atoms with Gasteiger partial charge in [-0.05, 0) is 29.7 Å². The lowest BCUT2D eigenvalue weighted by Gasteiger charge is -2.17. The highest BCUT2D eigenvalue weighted by Crippen LogP contribution is 2.15. The molecule has 0 saturated heterocycles. The number of rotatable bonds is 7. The summed E-state index contributed by atoms with van der Waals surface area (Å²) in [6.45, 7) is 2.66. The molecule has 0 amide bonds. The molecule has 3 heteroatoms. The molecule has 0 aromatic heterocycles. The molecular formula is C18H20ClNO. The monoisotopic (exact) mass is 301 g/mol. The Labute approximate surface area is 131 Å². The SMILES string of the molecule is CCC(=O)C(NCCc1ccc(Cl)cc1)c1ccccc1. The molecule has 2 aromatic rings. The summed E-state index contributed by atoms with van der Waals surface area (Å²) in [5, 5.41) is 4.11. The molecule has 21 heavy (non-hydrogen) atoms. The van der Waals surface area contributed by atoms with E-state index in [1.165, 1.54) is 5.56 Å². The first-order valence-electron chi connectivity index (χ1n) is 7.26. The summed E-state index contributed by atoms with van der Waals surface area (Å²) in [7, 11) is 0. The average Bonchev–Trinajstić information content (AvgIpc) is 2.53. The number of halogens is 1. The Morgan fingerprint density at radius 3 is 2.38 bits per heavy atom. The summed E-state index contributed by atoms with van der Waals surface area (Å²) < 4.78 is 0. The predicted molar refractivity (Wildman–Crippen MR) is 87.6 cm³/mol. The van der Waals surface area contributed by atoms with Crippen LogP contribution in [0.25, 0.3) is 0 Å². The fraction of sp³-hybridized carbons (Fsp3) is 0.278. The fourth-order valence-electron chi connectivity index (χ4n) is 2.28. The van der Waals surface area contributed by atoms with Crippen LogP contribution in [0.1, 0.15) is 30.5 Å². The zero-order valence-corrected chi connectivity index (χ0v) is 12.9. The van der Waals surface area contributed by atoms with Gasteiger partial charge in [0, 0.05) is 18.0 Å². The summed E-state index contributed by atoms with van der Waals surface area (Å²) in [6.07, 6.45) is 1.41. The van der Waals surface area contributed by atoms with Gasteiger partial charge in [0.15, 0.2) is 5.78 Å². The van der Waals surface area contributed by atoms with Crippen LogP contribution in [0.15, 0.2) is 54.6 Å². The van der Waals surface area contributed by atoms with Gasteiger partial charge in [0.05, 0.1) is 6.04 Å². The highest BCUT2D eigenvalue weighted by atomic mass is 35.5. The van der Waals surface area contributed by atoms with Crippen molar-refractivity contribution in [2.24, 2.45) is 0 Å². The van der Waals surface area contributed by atoms with E-state index in [4.69, 9.17) is 11.6 Å². The first-order chi connectivity index (χ1) is 10.2. The number of hydrogen-bond acceptors (Lipinski definition) is 2.